The van der Waals surface area contributed by atoms with E-state index < -0.39 is 40.8 Å². The second-order valence-electron chi connectivity index (χ2n) is 5.33. The quantitative estimate of drug-likeness (QED) is 0.799. The lowest BCUT2D eigenvalue weighted by Crippen LogP contribution is -2.50. The zero-order chi connectivity index (χ0) is 15.5. The molecule has 0 aliphatic carbocycles. The molecule has 0 aromatic heterocycles. The van der Waals surface area contributed by atoms with Gasteiger partial charge < -0.3 is 15.7 Å². The van der Waals surface area contributed by atoms with Gasteiger partial charge in [-0.1, -0.05) is 26.8 Å². The molecule has 0 radical (unpaired) electrons. The minimum atomic E-state index is -1.23. The molecular formula is C13H16F2N2O3. The van der Waals surface area contributed by atoms with Gasteiger partial charge in [0.1, 0.15) is 23.4 Å². The van der Waals surface area contributed by atoms with E-state index in [0.717, 1.165) is 18.2 Å². The first kappa shape index (κ1) is 15.9. The summed E-state index contributed by atoms with van der Waals surface area (Å²) in [7, 11) is 0. The molecule has 1 aromatic rings. The molecule has 0 saturated carbocycles. The molecule has 0 unspecified atom stereocenters. The second kappa shape index (κ2) is 5.85. The van der Waals surface area contributed by atoms with Gasteiger partial charge in [0.15, 0.2) is 0 Å². The SMILES string of the molecule is CC(C)(C)[C@H](NC(=O)Nc1c(F)cccc1F)C(=O)O. The van der Waals surface area contributed by atoms with Gasteiger partial charge in [-0.05, 0) is 17.5 Å². The summed E-state index contributed by atoms with van der Waals surface area (Å²) >= 11 is 0. The number of urea groups is 1. The number of benzene rings is 1. The van der Waals surface area contributed by atoms with Crippen molar-refractivity contribution in [2.24, 2.45) is 5.41 Å². The lowest BCUT2D eigenvalue weighted by Gasteiger charge is -2.27. The minimum absolute atomic E-state index is 0.622. The van der Waals surface area contributed by atoms with Crippen LogP contribution in [-0.2, 0) is 4.79 Å². The first-order chi connectivity index (χ1) is 9.12. The highest BCUT2D eigenvalue weighted by Crippen LogP contribution is 2.21. The third-order valence-electron chi connectivity index (χ3n) is 2.59. The fourth-order valence-electron chi connectivity index (χ4n) is 1.55. The van der Waals surface area contributed by atoms with E-state index in [0.29, 0.717) is 0 Å². The predicted octanol–water partition coefficient (Wildman–Crippen LogP) is 2.59. The number of rotatable bonds is 3. The van der Waals surface area contributed by atoms with Crippen LogP contribution < -0.4 is 10.6 Å². The summed E-state index contributed by atoms with van der Waals surface area (Å²) in [6.07, 6.45) is 0. The summed E-state index contributed by atoms with van der Waals surface area (Å²) in [6.45, 7) is 4.86. The van der Waals surface area contributed by atoms with Crippen molar-refractivity contribution in [1.29, 1.82) is 0 Å². The minimum Gasteiger partial charge on any atom is -0.480 e. The van der Waals surface area contributed by atoms with E-state index in [4.69, 9.17) is 5.11 Å². The highest BCUT2D eigenvalue weighted by Gasteiger charge is 2.32. The number of hydrogen-bond donors (Lipinski definition) is 3. The van der Waals surface area contributed by atoms with Crippen molar-refractivity contribution < 1.29 is 23.5 Å². The topological polar surface area (TPSA) is 78.4 Å². The van der Waals surface area contributed by atoms with Crippen LogP contribution in [0.1, 0.15) is 20.8 Å². The normalized spacial score (nSPS) is 12.7. The lowest BCUT2D eigenvalue weighted by molar-refractivity contribution is -0.141. The number of carbonyl (C=O) groups is 2. The maximum absolute atomic E-state index is 13.3. The first-order valence-electron chi connectivity index (χ1n) is 5.87. The summed E-state index contributed by atoms with van der Waals surface area (Å²) in [5.74, 6) is -3.12. The van der Waals surface area contributed by atoms with Gasteiger partial charge in [-0.15, -0.1) is 0 Å². The molecule has 20 heavy (non-hydrogen) atoms. The maximum atomic E-state index is 13.3. The molecular weight excluding hydrogens is 270 g/mol. The highest BCUT2D eigenvalue weighted by molar-refractivity contribution is 5.92. The van der Waals surface area contributed by atoms with E-state index in [-0.39, 0.29) is 0 Å². The highest BCUT2D eigenvalue weighted by atomic mass is 19.1. The molecule has 0 aliphatic rings. The van der Waals surface area contributed by atoms with Crippen LogP contribution in [0, 0.1) is 17.0 Å². The van der Waals surface area contributed by atoms with Gasteiger partial charge >= 0.3 is 12.0 Å². The van der Waals surface area contributed by atoms with E-state index in [1.165, 1.54) is 0 Å². The lowest BCUT2D eigenvalue weighted by atomic mass is 9.87. The largest absolute Gasteiger partial charge is 0.480 e. The van der Waals surface area contributed by atoms with Crippen LogP contribution in [0.5, 0.6) is 0 Å². The summed E-state index contributed by atoms with van der Waals surface area (Å²) in [4.78, 5) is 22.7. The van der Waals surface area contributed by atoms with Crippen LogP contribution in [0.4, 0.5) is 19.3 Å². The van der Waals surface area contributed by atoms with Gasteiger partial charge in [-0.2, -0.15) is 0 Å². The van der Waals surface area contributed by atoms with Crippen LogP contribution in [0.2, 0.25) is 0 Å². The first-order valence-corrected chi connectivity index (χ1v) is 5.87. The van der Waals surface area contributed by atoms with E-state index in [9.17, 15) is 18.4 Å². The molecule has 0 spiro atoms. The number of nitrogens with one attached hydrogen (secondary N) is 2. The second-order valence-corrected chi connectivity index (χ2v) is 5.33. The third kappa shape index (κ3) is 3.91. The van der Waals surface area contributed by atoms with E-state index in [2.05, 4.69) is 5.32 Å². The average Bonchev–Trinajstić information content (AvgIpc) is 2.29. The van der Waals surface area contributed by atoms with Crippen molar-refractivity contribution in [3.63, 3.8) is 0 Å². The Kier molecular flexibility index (Phi) is 4.65. The molecule has 0 heterocycles. The summed E-state index contributed by atoms with van der Waals surface area (Å²) in [5.41, 5.74) is -1.38. The van der Waals surface area contributed by atoms with Crippen molar-refractivity contribution in [3.8, 4) is 0 Å². The molecule has 110 valence electrons. The van der Waals surface area contributed by atoms with Crippen molar-refractivity contribution in [2.75, 3.05) is 5.32 Å². The summed E-state index contributed by atoms with van der Waals surface area (Å²) < 4.78 is 26.7. The Labute approximate surface area is 115 Å². The van der Waals surface area contributed by atoms with Crippen LogP contribution in [-0.4, -0.2) is 23.1 Å². The maximum Gasteiger partial charge on any atom is 0.326 e. The van der Waals surface area contributed by atoms with E-state index >= 15 is 0 Å². The van der Waals surface area contributed by atoms with Crippen molar-refractivity contribution in [2.45, 2.75) is 26.8 Å². The number of anilines is 1. The molecule has 0 fully saturated rings. The number of para-hydroxylation sites is 1. The van der Waals surface area contributed by atoms with E-state index in [1.807, 2.05) is 5.32 Å². The molecule has 1 aromatic carbocycles. The molecule has 3 N–H and O–H groups in total. The van der Waals surface area contributed by atoms with Crippen LogP contribution >= 0.6 is 0 Å². The fourth-order valence-corrected chi connectivity index (χ4v) is 1.55. The molecule has 2 amide bonds. The third-order valence-corrected chi connectivity index (χ3v) is 2.59. The van der Waals surface area contributed by atoms with Crippen molar-refractivity contribution in [1.82, 2.24) is 5.32 Å². The van der Waals surface area contributed by atoms with Crippen LogP contribution in [0.25, 0.3) is 0 Å². The number of amides is 2. The Balaban J connectivity index is 2.84. The Morgan fingerprint density at radius 2 is 1.70 bits per heavy atom. The summed E-state index contributed by atoms with van der Waals surface area (Å²) in [5, 5.41) is 13.2. The average molecular weight is 286 g/mol. The zero-order valence-corrected chi connectivity index (χ0v) is 11.3. The fraction of sp³-hybridized carbons (Fsp3) is 0.385. The van der Waals surface area contributed by atoms with Gasteiger partial charge in [-0.25, -0.2) is 18.4 Å². The monoisotopic (exact) mass is 286 g/mol. The smallest absolute Gasteiger partial charge is 0.326 e. The number of aliphatic carboxylic acids is 1. The van der Waals surface area contributed by atoms with Gasteiger partial charge in [0, 0.05) is 0 Å². The number of halogens is 2. The number of carboxylic acid groups (broad SMARTS) is 1. The molecule has 1 atom stereocenters. The van der Waals surface area contributed by atoms with Crippen molar-refractivity contribution >= 4 is 17.7 Å². The molecule has 0 saturated heterocycles. The standard InChI is InChI=1S/C13H16F2N2O3/c1-13(2,3)10(11(18)19)17-12(20)16-9-7(14)5-4-6-8(9)15/h4-6,10H,1-3H3,(H,18,19)(H2,16,17,20)/t10-/m1/s1. The number of hydrogen-bond acceptors (Lipinski definition) is 2. The van der Waals surface area contributed by atoms with Gasteiger partial charge in [0.05, 0.1) is 0 Å². The molecule has 1 rings (SSSR count). The predicted molar refractivity (Wildman–Crippen MR) is 69.4 cm³/mol. The summed E-state index contributed by atoms with van der Waals surface area (Å²) in [6, 6.07) is 0.936. The Bertz CT molecular complexity index is 507. The molecule has 0 bridgehead atoms. The van der Waals surface area contributed by atoms with Crippen molar-refractivity contribution in [3.05, 3.63) is 29.8 Å². The van der Waals surface area contributed by atoms with Crippen LogP contribution in [0.15, 0.2) is 18.2 Å². The van der Waals surface area contributed by atoms with Gasteiger partial charge in [0.2, 0.25) is 0 Å². The van der Waals surface area contributed by atoms with Gasteiger partial charge in [-0.3, -0.25) is 0 Å². The molecule has 5 nitrogen and oxygen atoms in total. The van der Waals surface area contributed by atoms with Crippen LogP contribution in [0.3, 0.4) is 0 Å². The zero-order valence-electron chi connectivity index (χ0n) is 11.3. The Hall–Kier alpha value is -2.18. The molecule has 7 heteroatoms. The van der Waals surface area contributed by atoms with Gasteiger partial charge in [0.25, 0.3) is 0 Å². The number of carboxylic acids is 1. The Morgan fingerprint density at radius 1 is 1.20 bits per heavy atom. The molecule has 0 aliphatic heterocycles. The van der Waals surface area contributed by atoms with E-state index in [1.54, 1.807) is 20.8 Å². The number of carbonyl (C=O) groups excluding carboxylic acids is 1. The Morgan fingerprint density at radius 3 is 2.10 bits per heavy atom.